The molecule has 11 nitrogen and oxygen atoms in total. The highest BCUT2D eigenvalue weighted by Crippen LogP contribution is 2.25. The predicted octanol–water partition coefficient (Wildman–Crippen LogP) is 2.13. The second-order valence-electron chi connectivity index (χ2n) is 8.09. The van der Waals surface area contributed by atoms with Gasteiger partial charge in [0.25, 0.3) is 5.91 Å². The van der Waals surface area contributed by atoms with Crippen molar-refractivity contribution in [2.45, 2.75) is 31.8 Å². The number of methoxy groups -OCH3 is 1. The van der Waals surface area contributed by atoms with Crippen molar-refractivity contribution in [2.75, 3.05) is 20.8 Å². The van der Waals surface area contributed by atoms with E-state index in [0.717, 1.165) is 10.5 Å². The molecule has 3 rings (SSSR count). The maximum absolute atomic E-state index is 12.7. The molecular formula is C25H28N4O7. The van der Waals surface area contributed by atoms with Crippen molar-refractivity contribution in [3.8, 4) is 0 Å². The Morgan fingerprint density at radius 2 is 1.83 bits per heavy atom. The number of carbonyl (C=O) groups excluding carboxylic acids is 3. The van der Waals surface area contributed by atoms with Gasteiger partial charge >= 0.3 is 12.1 Å². The lowest BCUT2D eigenvalue weighted by Gasteiger charge is -2.20. The van der Waals surface area contributed by atoms with Gasteiger partial charge in [0.2, 0.25) is 5.91 Å². The van der Waals surface area contributed by atoms with Crippen LogP contribution in [0.25, 0.3) is 11.0 Å². The van der Waals surface area contributed by atoms with Gasteiger partial charge in [-0.15, -0.1) is 0 Å². The second kappa shape index (κ2) is 11.9. The van der Waals surface area contributed by atoms with Gasteiger partial charge in [0.1, 0.15) is 5.82 Å². The number of carboxylic acids is 1. The van der Waals surface area contributed by atoms with Crippen molar-refractivity contribution in [1.29, 1.82) is 0 Å². The molecule has 1 unspecified atom stereocenters. The van der Waals surface area contributed by atoms with Crippen LogP contribution in [0, 0.1) is 0 Å². The molecule has 36 heavy (non-hydrogen) atoms. The van der Waals surface area contributed by atoms with Crippen LogP contribution in [-0.4, -0.2) is 69.3 Å². The van der Waals surface area contributed by atoms with Crippen molar-refractivity contribution in [1.82, 2.24) is 19.8 Å². The smallest absolute Gasteiger partial charge is 0.416 e. The number of aromatic nitrogens is 2. The summed E-state index contributed by atoms with van der Waals surface area (Å²) in [6.07, 6.45) is -0.945. The van der Waals surface area contributed by atoms with E-state index in [1.165, 1.54) is 20.2 Å². The fraction of sp³-hybridized carbons (Fsp3) is 0.320. The summed E-state index contributed by atoms with van der Waals surface area (Å²) in [5.41, 5.74) is 2.18. The summed E-state index contributed by atoms with van der Waals surface area (Å²) in [6.45, 7) is -0.0211. The Morgan fingerprint density at radius 1 is 1.11 bits per heavy atom. The Labute approximate surface area is 207 Å². The van der Waals surface area contributed by atoms with Crippen LogP contribution in [0.1, 0.15) is 40.6 Å². The number of carboxylic acid groups (broad SMARTS) is 1. The molecular weight excluding hydrogens is 468 g/mol. The number of amides is 3. The van der Waals surface area contributed by atoms with Crippen LogP contribution in [0.4, 0.5) is 4.79 Å². The van der Waals surface area contributed by atoms with E-state index in [0.29, 0.717) is 23.3 Å². The number of aliphatic carboxylic acids is 1. The summed E-state index contributed by atoms with van der Waals surface area (Å²) >= 11 is 0. The zero-order chi connectivity index (χ0) is 26.2. The van der Waals surface area contributed by atoms with Gasteiger partial charge in [0.05, 0.1) is 37.2 Å². The van der Waals surface area contributed by atoms with Gasteiger partial charge in [-0.1, -0.05) is 30.3 Å². The number of nitrogens with zero attached hydrogens (tertiary/aromatic N) is 3. The molecule has 0 saturated carbocycles. The van der Waals surface area contributed by atoms with E-state index in [-0.39, 0.29) is 31.6 Å². The Morgan fingerprint density at radius 3 is 2.47 bits per heavy atom. The lowest BCUT2D eigenvalue weighted by molar-refractivity contribution is -0.138. The number of benzene rings is 2. The molecule has 3 N–H and O–H groups in total. The largest absolute Gasteiger partial charge is 0.481 e. The Kier molecular flexibility index (Phi) is 8.74. The van der Waals surface area contributed by atoms with Crippen molar-refractivity contribution >= 4 is 34.9 Å². The molecule has 1 aromatic heterocycles. The minimum Gasteiger partial charge on any atom is -0.481 e. The number of aliphatic hydroxyl groups excluding tert-OH is 1. The van der Waals surface area contributed by atoms with Gasteiger partial charge in [-0.3, -0.25) is 14.4 Å². The summed E-state index contributed by atoms with van der Waals surface area (Å²) in [4.78, 5) is 53.5. The zero-order valence-corrected chi connectivity index (χ0v) is 20.0. The summed E-state index contributed by atoms with van der Waals surface area (Å²) in [6, 6.07) is 13.5. The number of nitrogens with one attached hydrogen (secondary N) is 1. The van der Waals surface area contributed by atoms with Crippen LogP contribution in [0.2, 0.25) is 0 Å². The molecule has 3 amide bonds. The second-order valence-corrected chi connectivity index (χ2v) is 8.09. The summed E-state index contributed by atoms with van der Waals surface area (Å²) in [5.74, 6) is -1.66. The number of imide groups is 1. The predicted molar refractivity (Wildman–Crippen MR) is 129 cm³/mol. The van der Waals surface area contributed by atoms with Gasteiger partial charge in [0.15, 0.2) is 0 Å². The average molecular weight is 497 g/mol. The molecule has 0 aliphatic carbocycles. The molecule has 0 bridgehead atoms. The number of imidazole rings is 1. The number of rotatable bonds is 10. The Balaban J connectivity index is 2.03. The number of carbonyl (C=O) groups is 4. The number of hydrogen-bond acceptors (Lipinski definition) is 7. The SMILES string of the molecule is COC(=O)N(C)C(=O)c1ccc2c(c1)nc(C(Cc1ccccc1)NC(=O)CCC(=O)O)n2CCO. The monoisotopic (exact) mass is 496 g/mol. The van der Waals surface area contributed by atoms with E-state index in [2.05, 4.69) is 15.0 Å². The standard InChI is InChI=1S/C25H28N4O7/c1-28(25(35)36-2)24(34)17-8-9-20-18(15-17)27-23(29(20)12-13-30)19(14-16-6-4-3-5-7-16)26-21(31)10-11-22(32)33/h3-9,15,19,30H,10-14H2,1-2H3,(H,26,31)(H,32,33). The molecule has 0 saturated heterocycles. The van der Waals surface area contributed by atoms with Crippen LogP contribution >= 0.6 is 0 Å². The Hall–Kier alpha value is -4.25. The molecule has 1 atom stereocenters. The molecule has 0 radical (unpaired) electrons. The fourth-order valence-electron chi connectivity index (χ4n) is 3.84. The van der Waals surface area contributed by atoms with Gasteiger partial charge in [-0.2, -0.15) is 0 Å². The maximum Gasteiger partial charge on any atom is 0.416 e. The first-order chi connectivity index (χ1) is 17.2. The highest BCUT2D eigenvalue weighted by molar-refractivity contribution is 6.04. The van der Waals surface area contributed by atoms with E-state index in [1.54, 1.807) is 16.7 Å². The summed E-state index contributed by atoms with van der Waals surface area (Å²) in [7, 11) is 2.48. The first kappa shape index (κ1) is 26.4. The van der Waals surface area contributed by atoms with Crippen LogP contribution in [0.3, 0.4) is 0 Å². The highest BCUT2D eigenvalue weighted by Gasteiger charge is 2.25. The normalized spacial score (nSPS) is 11.6. The topological polar surface area (TPSA) is 151 Å². The van der Waals surface area contributed by atoms with Crippen molar-refractivity contribution in [3.05, 3.63) is 65.5 Å². The zero-order valence-electron chi connectivity index (χ0n) is 20.0. The number of fused-ring (bicyclic) bond motifs is 1. The molecule has 1 heterocycles. The lowest BCUT2D eigenvalue weighted by Crippen LogP contribution is -2.32. The molecule has 0 aliphatic rings. The molecule has 0 fully saturated rings. The van der Waals surface area contributed by atoms with Crippen molar-refractivity contribution in [3.63, 3.8) is 0 Å². The highest BCUT2D eigenvalue weighted by atomic mass is 16.5. The molecule has 11 heteroatoms. The number of ether oxygens (including phenoxy) is 1. The van der Waals surface area contributed by atoms with Gasteiger partial charge in [-0.05, 0) is 30.2 Å². The van der Waals surface area contributed by atoms with Crippen molar-refractivity contribution < 1.29 is 34.1 Å². The third-order valence-corrected chi connectivity index (χ3v) is 5.60. The maximum atomic E-state index is 12.7. The van der Waals surface area contributed by atoms with E-state index in [9.17, 15) is 24.3 Å². The molecule has 0 spiro atoms. The lowest BCUT2D eigenvalue weighted by atomic mass is 10.0. The van der Waals surface area contributed by atoms with Gasteiger partial charge in [0, 0.05) is 25.6 Å². The van der Waals surface area contributed by atoms with Crippen LogP contribution in [0.5, 0.6) is 0 Å². The Bertz CT molecular complexity index is 1260. The summed E-state index contributed by atoms with van der Waals surface area (Å²) in [5, 5.41) is 21.5. The molecule has 2 aromatic carbocycles. The van der Waals surface area contributed by atoms with E-state index < -0.39 is 29.9 Å². The first-order valence-corrected chi connectivity index (χ1v) is 11.3. The van der Waals surface area contributed by atoms with Crippen LogP contribution in [0.15, 0.2) is 48.5 Å². The molecule has 0 aliphatic heterocycles. The quantitative estimate of drug-likeness (QED) is 0.386. The van der Waals surface area contributed by atoms with Crippen LogP contribution < -0.4 is 5.32 Å². The third-order valence-electron chi connectivity index (χ3n) is 5.60. The van der Waals surface area contributed by atoms with E-state index >= 15 is 0 Å². The minimum atomic E-state index is -1.08. The average Bonchev–Trinajstić information content (AvgIpc) is 3.24. The first-order valence-electron chi connectivity index (χ1n) is 11.3. The molecule has 3 aromatic rings. The van der Waals surface area contributed by atoms with Gasteiger partial charge < -0.3 is 24.8 Å². The van der Waals surface area contributed by atoms with Gasteiger partial charge in [-0.25, -0.2) is 14.7 Å². The summed E-state index contributed by atoms with van der Waals surface area (Å²) < 4.78 is 6.35. The third kappa shape index (κ3) is 6.25. The van der Waals surface area contributed by atoms with E-state index in [4.69, 9.17) is 5.11 Å². The van der Waals surface area contributed by atoms with Crippen LogP contribution in [-0.2, 0) is 27.3 Å². The number of hydrogen-bond donors (Lipinski definition) is 3. The van der Waals surface area contributed by atoms with E-state index in [1.807, 2.05) is 30.3 Å². The minimum absolute atomic E-state index is 0.178. The fourth-order valence-corrected chi connectivity index (χ4v) is 3.84. The molecule has 190 valence electrons. The van der Waals surface area contributed by atoms with Crippen molar-refractivity contribution in [2.24, 2.45) is 0 Å². The number of aliphatic hydroxyl groups is 1.